The molecule has 0 saturated heterocycles. The molecule has 0 bridgehead atoms. The minimum absolute atomic E-state index is 0.105. The fraction of sp³-hybridized carbons (Fsp3) is 0. The van der Waals surface area contributed by atoms with Crippen LogP contribution < -0.4 is 5.32 Å². The Morgan fingerprint density at radius 1 is 1.00 bits per heavy atom. The van der Waals surface area contributed by atoms with Gasteiger partial charge in [0.05, 0.1) is 17.3 Å². The number of halogens is 3. The summed E-state index contributed by atoms with van der Waals surface area (Å²) in [6.45, 7) is 0. The summed E-state index contributed by atoms with van der Waals surface area (Å²) in [5.41, 5.74) is -0.195. The molecule has 2 rings (SSSR count). The zero-order valence-corrected chi connectivity index (χ0v) is 9.95. The molecule has 2 aromatic carbocycles. The third kappa shape index (κ3) is 2.78. The molecule has 0 aliphatic rings. The molecule has 0 saturated carbocycles. The molecule has 1 amide bonds. The van der Waals surface area contributed by atoms with Crippen LogP contribution in [0.15, 0.2) is 36.4 Å². The first kappa shape index (κ1) is 13.6. The van der Waals surface area contributed by atoms with Crippen LogP contribution in [0.4, 0.5) is 18.9 Å². The van der Waals surface area contributed by atoms with Crippen molar-refractivity contribution in [3.8, 4) is 6.07 Å². The van der Waals surface area contributed by atoms with Crippen molar-refractivity contribution in [3.05, 3.63) is 65.0 Å². The van der Waals surface area contributed by atoms with E-state index in [1.165, 1.54) is 12.1 Å². The molecule has 20 heavy (non-hydrogen) atoms. The Labute approximate surface area is 112 Å². The van der Waals surface area contributed by atoms with Crippen LogP contribution in [0.5, 0.6) is 0 Å². The Hall–Kier alpha value is -2.81. The number of hydrogen-bond acceptors (Lipinski definition) is 2. The van der Waals surface area contributed by atoms with Crippen molar-refractivity contribution in [1.29, 1.82) is 5.26 Å². The van der Waals surface area contributed by atoms with Crippen molar-refractivity contribution in [2.45, 2.75) is 0 Å². The van der Waals surface area contributed by atoms with E-state index in [1.807, 2.05) is 0 Å². The summed E-state index contributed by atoms with van der Waals surface area (Å²) < 4.78 is 39.3. The van der Waals surface area contributed by atoms with Gasteiger partial charge in [-0.25, -0.2) is 13.2 Å². The maximum absolute atomic E-state index is 13.6. The SMILES string of the molecule is N#Cc1ccc(NC(=O)c2ccc(F)c(F)c2)c(F)c1. The molecule has 3 nitrogen and oxygen atoms in total. The van der Waals surface area contributed by atoms with Crippen molar-refractivity contribution in [2.75, 3.05) is 5.32 Å². The molecule has 0 aliphatic carbocycles. The lowest BCUT2D eigenvalue weighted by Gasteiger charge is -2.07. The van der Waals surface area contributed by atoms with Crippen molar-refractivity contribution in [3.63, 3.8) is 0 Å². The second-order valence-electron chi connectivity index (χ2n) is 3.89. The zero-order chi connectivity index (χ0) is 14.7. The molecule has 100 valence electrons. The van der Waals surface area contributed by atoms with Crippen LogP contribution in [0, 0.1) is 28.8 Å². The van der Waals surface area contributed by atoms with E-state index in [1.54, 1.807) is 6.07 Å². The second-order valence-corrected chi connectivity index (χ2v) is 3.89. The Kier molecular flexibility index (Phi) is 3.71. The van der Waals surface area contributed by atoms with Gasteiger partial charge < -0.3 is 5.32 Å². The van der Waals surface area contributed by atoms with E-state index in [9.17, 15) is 18.0 Å². The molecule has 0 spiro atoms. The third-order valence-corrected chi connectivity index (χ3v) is 2.53. The van der Waals surface area contributed by atoms with Gasteiger partial charge in [-0.15, -0.1) is 0 Å². The van der Waals surface area contributed by atoms with E-state index in [0.29, 0.717) is 6.07 Å². The fourth-order valence-corrected chi connectivity index (χ4v) is 1.52. The van der Waals surface area contributed by atoms with Gasteiger partial charge in [-0.2, -0.15) is 5.26 Å². The maximum atomic E-state index is 13.6. The van der Waals surface area contributed by atoms with Gasteiger partial charge >= 0.3 is 0 Å². The van der Waals surface area contributed by atoms with Crippen molar-refractivity contribution < 1.29 is 18.0 Å². The molecule has 0 unspecified atom stereocenters. The molecular weight excluding hydrogens is 269 g/mol. The highest BCUT2D eigenvalue weighted by Crippen LogP contribution is 2.17. The number of nitriles is 1. The van der Waals surface area contributed by atoms with Crippen LogP contribution in [0.1, 0.15) is 15.9 Å². The van der Waals surface area contributed by atoms with E-state index in [0.717, 1.165) is 18.2 Å². The van der Waals surface area contributed by atoms with Crippen molar-refractivity contribution in [1.82, 2.24) is 0 Å². The summed E-state index contributed by atoms with van der Waals surface area (Å²) in [5.74, 6) is -3.82. The second kappa shape index (κ2) is 5.45. The molecule has 0 radical (unpaired) electrons. The van der Waals surface area contributed by atoms with Gasteiger partial charge in [-0.05, 0) is 36.4 Å². The first-order valence-electron chi connectivity index (χ1n) is 5.47. The number of nitrogens with one attached hydrogen (secondary N) is 1. The number of anilines is 1. The predicted molar refractivity (Wildman–Crippen MR) is 65.4 cm³/mol. The van der Waals surface area contributed by atoms with Crippen LogP contribution in [0.3, 0.4) is 0 Å². The molecule has 6 heteroatoms. The number of benzene rings is 2. The van der Waals surface area contributed by atoms with Crippen LogP contribution in [-0.4, -0.2) is 5.91 Å². The predicted octanol–water partition coefficient (Wildman–Crippen LogP) is 3.23. The van der Waals surface area contributed by atoms with Crippen molar-refractivity contribution in [2.24, 2.45) is 0 Å². The highest BCUT2D eigenvalue weighted by Gasteiger charge is 2.12. The molecule has 0 aromatic heterocycles. The smallest absolute Gasteiger partial charge is 0.255 e. The molecule has 1 N–H and O–H groups in total. The molecule has 0 aliphatic heterocycles. The Balaban J connectivity index is 2.23. The Bertz CT molecular complexity index is 723. The first-order chi connectivity index (χ1) is 9.51. The zero-order valence-electron chi connectivity index (χ0n) is 9.95. The van der Waals surface area contributed by atoms with Gasteiger partial charge in [0.15, 0.2) is 11.6 Å². The van der Waals surface area contributed by atoms with E-state index >= 15 is 0 Å². The Morgan fingerprint density at radius 2 is 1.75 bits per heavy atom. The summed E-state index contributed by atoms with van der Waals surface area (Å²) in [7, 11) is 0. The van der Waals surface area contributed by atoms with Crippen LogP contribution >= 0.6 is 0 Å². The van der Waals surface area contributed by atoms with Crippen molar-refractivity contribution >= 4 is 11.6 Å². The van der Waals surface area contributed by atoms with E-state index < -0.39 is 23.4 Å². The lowest BCUT2D eigenvalue weighted by Crippen LogP contribution is -2.13. The average molecular weight is 276 g/mol. The standard InChI is InChI=1S/C14H7F3N2O/c15-10-3-2-9(6-11(10)16)14(20)19-13-4-1-8(7-18)5-12(13)17/h1-6H,(H,19,20). The minimum atomic E-state index is -1.17. The van der Waals surface area contributed by atoms with Gasteiger partial charge in [0.25, 0.3) is 5.91 Å². The van der Waals surface area contributed by atoms with Gasteiger partial charge in [-0.3, -0.25) is 4.79 Å². The van der Waals surface area contributed by atoms with Gasteiger partial charge in [-0.1, -0.05) is 0 Å². The number of rotatable bonds is 2. The lowest BCUT2D eigenvalue weighted by atomic mass is 10.1. The number of hydrogen-bond donors (Lipinski definition) is 1. The average Bonchev–Trinajstić information content (AvgIpc) is 2.43. The molecule has 0 heterocycles. The largest absolute Gasteiger partial charge is 0.319 e. The number of nitrogens with zero attached hydrogens (tertiary/aromatic N) is 1. The highest BCUT2D eigenvalue weighted by molar-refractivity contribution is 6.04. The van der Waals surface area contributed by atoms with Gasteiger partial charge in [0, 0.05) is 5.56 Å². The van der Waals surface area contributed by atoms with E-state index in [-0.39, 0.29) is 16.8 Å². The normalized spacial score (nSPS) is 9.90. The summed E-state index contributed by atoms with van der Waals surface area (Å²) in [5, 5.41) is 10.8. The van der Waals surface area contributed by atoms with Crippen LogP contribution in [-0.2, 0) is 0 Å². The lowest BCUT2D eigenvalue weighted by molar-refractivity contribution is 0.102. The van der Waals surface area contributed by atoms with Gasteiger partial charge in [0.2, 0.25) is 0 Å². The van der Waals surface area contributed by atoms with Gasteiger partial charge in [0.1, 0.15) is 5.82 Å². The summed E-state index contributed by atoms with van der Waals surface area (Å²) in [6.07, 6.45) is 0. The quantitative estimate of drug-likeness (QED) is 0.915. The summed E-state index contributed by atoms with van der Waals surface area (Å²) >= 11 is 0. The summed E-state index contributed by atoms with van der Waals surface area (Å²) in [4.78, 5) is 11.8. The first-order valence-corrected chi connectivity index (χ1v) is 5.47. The number of amides is 1. The molecule has 2 aromatic rings. The topological polar surface area (TPSA) is 52.9 Å². The fourth-order valence-electron chi connectivity index (χ4n) is 1.52. The third-order valence-electron chi connectivity index (χ3n) is 2.53. The molecular formula is C14H7F3N2O. The highest BCUT2D eigenvalue weighted by atomic mass is 19.2. The number of carbonyl (C=O) groups is 1. The maximum Gasteiger partial charge on any atom is 0.255 e. The minimum Gasteiger partial charge on any atom is -0.319 e. The molecule has 0 atom stereocenters. The van der Waals surface area contributed by atoms with E-state index in [4.69, 9.17) is 5.26 Å². The Morgan fingerprint density at radius 3 is 2.35 bits per heavy atom. The molecule has 0 fully saturated rings. The monoisotopic (exact) mass is 276 g/mol. The van der Waals surface area contributed by atoms with E-state index in [2.05, 4.69) is 5.32 Å². The number of carbonyl (C=O) groups excluding carboxylic acids is 1. The van der Waals surface area contributed by atoms with Crippen LogP contribution in [0.25, 0.3) is 0 Å². The van der Waals surface area contributed by atoms with Crippen LogP contribution in [0.2, 0.25) is 0 Å². The summed E-state index contributed by atoms with van der Waals surface area (Å²) in [6, 6.07) is 7.84.